The average Bonchev–Trinajstić information content (AvgIpc) is 3.30. The van der Waals surface area contributed by atoms with E-state index in [1.807, 2.05) is 54.3 Å². The van der Waals surface area contributed by atoms with Crippen LogP contribution in [0.1, 0.15) is 11.3 Å². The lowest BCUT2D eigenvalue weighted by atomic mass is 10.2. The molecule has 1 aromatic carbocycles. The van der Waals surface area contributed by atoms with Gasteiger partial charge in [-0.05, 0) is 31.2 Å². The van der Waals surface area contributed by atoms with E-state index in [1.165, 1.54) is 0 Å². The van der Waals surface area contributed by atoms with Crippen molar-refractivity contribution < 1.29 is 33.3 Å². The minimum Gasteiger partial charge on any atom is -1.00 e. The van der Waals surface area contributed by atoms with Gasteiger partial charge in [0.2, 0.25) is 0 Å². The third-order valence-corrected chi connectivity index (χ3v) is 4.72. The Morgan fingerprint density at radius 3 is 2.69 bits per heavy atom. The second-order valence-electron chi connectivity index (χ2n) is 5.84. The Bertz CT molecular complexity index is 1040. The van der Waals surface area contributed by atoms with Gasteiger partial charge in [0.15, 0.2) is 5.52 Å². The smallest absolute Gasteiger partial charge is 0.402 e. The molecule has 4 aromatic rings. The van der Waals surface area contributed by atoms with Gasteiger partial charge in [-0.15, -0.1) is 0 Å². The molecular formula is C19H19IN4OS. The second kappa shape index (κ2) is 7.71. The van der Waals surface area contributed by atoms with Gasteiger partial charge in [0.05, 0.1) is 13.3 Å². The van der Waals surface area contributed by atoms with Crippen LogP contribution in [0.2, 0.25) is 0 Å². The van der Waals surface area contributed by atoms with Crippen LogP contribution in [0.3, 0.4) is 0 Å². The van der Waals surface area contributed by atoms with Crippen molar-refractivity contribution in [3.8, 4) is 17.4 Å². The van der Waals surface area contributed by atoms with Crippen LogP contribution in [0.25, 0.3) is 22.7 Å². The molecule has 0 atom stereocenters. The number of hydrogen-bond donors (Lipinski definition) is 2. The van der Waals surface area contributed by atoms with Crippen LogP contribution in [0, 0.1) is 6.92 Å². The zero-order valence-corrected chi connectivity index (χ0v) is 17.5. The minimum atomic E-state index is 0. The van der Waals surface area contributed by atoms with Gasteiger partial charge in [-0.3, -0.25) is 0 Å². The molecular weight excluding hydrogens is 459 g/mol. The highest BCUT2D eigenvalue weighted by molar-refractivity contribution is 7.79. The SMILES string of the molecule is COc1cc[n+](-c2nc3ccc(-n4cccc4)cc3[nH]2)c(CS)c1C.[I-]. The number of ether oxygens (including phenoxy) is 1. The summed E-state index contributed by atoms with van der Waals surface area (Å²) >= 11 is 4.48. The molecule has 0 aliphatic carbocycles. The first-order valence-corrected chi connectivity index (χ1v) is 8.67. The third-order valence-electron chi connectivity index (χ3n) is 4.42. The van der Waals surface area contributed by atoms with Gasteiger partial charge in [0.25, 0.3) is 0 Å². The number of methoxy groups -OCH3 is 1. The molecule has 0 aliphatic rings. The molecule has 134 valence electrons. The van der Waals surface area contributed by atoms with E-state index in [-0.39, 0.29) is 24.0 Å². The number of nitrogens with one attached hydrogen (secondary N) is 1. The maximum Gasteiger partial charge on any atom is 0.402 e. The van der Waals surface area contributed by atoms with Crippen molar-refractivity contribution in [2.24, 2.45) is 0 Å². The number of nitrogens with zero attached hydrogens (tertiary/aromatic N) is 3. The molecule has 3 heterocycles. The summed E-state index contributed by atoms with van der Waals surface area (Å²) in [6.45, 7) is 2.04. The fourth-order valence-electron chi connectivity index (χ4n) is 3.06. The first kappa shape index (κ1) is 18.8. The van der Waals surface area contributed by atoms with Crippen molar-refractivity contribution in [3.05, 3.63) is 66.2 Å². The maximum absolute atomic E-state index is 5.41. The van der Waals surface area contributed by atoms with Crippen LogP contribution in [-0.4, -0.2) is 21.6 Å². The molecule has 1 N–H and O–H groups in total. The van der Waals surface area contributed by atoms with E-state index in [9.17, 15) is 0 Å². The average molecular weight is 478 g/mol. The highest BCUT2D eigenvalue weighted by Gasteiger charge is 2.20. The highest BCUT2D eigenvalue weighted by Crippen LogP contribution is 2.21. The zero-order chi connectivity index (χ0) is 17.4. The van der Waals surface area contributed by atoms with Crippen molar-refractivity contribution in [2.45, 2.75) is 12.7 Å². The summed E-state index contributed by atoms with van der Waals surface area (Å²) in [4.78, 5) is 8.15. The van der Waals surface area contributed by atoms with Crippen LogP contribution in [0.15, 0.2) is 55.0 Å². The number of rotatable bonds is 4. The number of hydrogen-bond acceptors (Lipinski definition) is 3. The standard InChI is InChI=1S/C19H18N4OS.HI/c1-13-17(12-25)23(10-7-18(13)24-2)19-20-15-6-5-14(11-16(15)21-19)22-8-3-4-9-22;/h3-11H,12H2,1-2H3,(H-,20,21,25);1H. The maximum atomic E-state index is 5.41. The van der Waals surface area contributed by atoms with Crippen molar-refractivity contribution in [1.82, 2.24) is 14.5 Å². The number of halogens is 1. The molecule has 3 aromatic heterocycles. The van der Waals surface area contributed by atoms with E-state index in [2.05, 4.69) is 34.3 Å². The summed E-state index contributed by atoms with van der Waals surface area (Å²) in [5.41, 5.74) is 5.13. The molecule has 0 spiro atoms. The van der Waals surface area contributed by atoms with Crippen molar-refractivity contribution >= 4 is 23.7 Å². The van der Waals surface area contributed by atoms with Crippen LogP contribution >= 0.6 is 12.6 Å². The summed E-state index contributed by atoms with van der Waals surface area (Å²) in [7, 11) is 1.68. The van der Waals surface area contributed by atoms with Crippen molar-refractivity contribution in [1.29, 1.82) is 0 Å². The van der Waals surface area contributed by atoms with Gasteiger partial charge in [-0.25, -0.2) is 9.55 Å². The largest absolute Gasteiger partial charge is 1.00 e. The fraction of sp³-hybridized carbons (Fsp3) is 0.158. The first-order chi connectivity index (χ1) is 12.2. The Morgan fingerprint density at radius 1 is 1.23 bits per heavy atom. The molecule has 0 aliphatic heterocycles. The number of fused-ring (bicyclic) bond motifs is 1. The zero-order valence-electron chi connectivity index (χ0n) is 14.5. The van der Waals surface area contributed by atoms with Gasteiger partial charge in [-0.1, -0.05) is 4.98 Å². The molecule has 0 radical (unpaired) electrons. The number of thiol groups is 1. The molecule has 0 saturated carbocycles. The van der Waals surface area contributed by atoms with Gasteiger partial charge in [0.1, 0.15) is 17.0 Å². The van der Waals surface area contributed by atoms with E-state index < -0.39 is 0 Å². The molecule has 0 fully saturated rings. The molecule has 4 rings (SSSR count). The Hall–Kier alpha value is -2.00. The fourth-order valence-corrected chi connectivity index (χ4v) is 3.45. The molecule has 5 nitrogen and oxygen atoms in total. The van der Waals surface area contributed by atoms with Crippen LogP contribution in [0.5, 0.6) is 5.75 Å². The van der Waals surface area contributed by atoms with Crippen molar-refractivity contribution in [2.75, 3.05) is 7.11 Å². The number of benzene rings is 1. The number of aromatic amines is 1. The monoisotopic (exact) mass is 478 g/mol. The van der Waals surface area contributed by atoms with Gasteiger partial charge in [-0.2, -0.15) is 12.6 Å². The Morgan fingerprint density at radius 2 is 2.00 bits per heavy atom. The number of imidazole rings is 1. The van der Waals surface area contributed by atoms with Crippen molar-refractivity contribution in [3.63, 3.8) is 0 Å². The molecule has 0 amide bonds. The van der Waals surface area contributed by atoms with Gasteiger partial charge < -0.3 is 33.3 Å². The summed E-state index contributed by atoms with van der Waals surface area (Å²) in [6.07, 6.45) is 6.01. The summed E-state index contributed by atoms with van der Waals surface area (Å²) in [5, 5.41) is 0. The normalized spacial score (nSPS) is 10.7. The van der Waals surface area contributed by atoms with E-state index in [0.29, 0.717) is 5.75 Å². The summed E-state index contributed by atoms with van der Waals surface area (Å²) in [6, 6.07) is 12.2. The second-order valence-corrected chi connectivity index (χ2v) is 6.15. The third kappa shape index (κ3) is 3.21. The van der Waals surface area contributed by atoms with E-state index in [1.54, 1.807) is 7.11 Å². The Labute approximate surface area is 174 Å². The highest BCUT2D eigenvalue weighted by atomic mass is 127. The molecule has 0 unspecified atom stereocenters. The molecule has 7 heteroatoms. The Balaban J connectivity index is 0.00000196. The minimum absolute atomic E-state index is 0. The first-order valence-electron chi connectivity index (χ1n) is 8.03. The molecule has 0 saturated heterocycles. The van der Waals surface area contributed by atoms with Crippen LogP contribution in [-0.2, 0) is 5.75 Å². The molecule has 26 heavy (non-hydrogen) atoms. The number of H-pyrrole nitrogens is 1. The lowest BCUT2D eigenvalue weighted by Gasteiger charge is -2.10. The van der Waals surface area contributed by atoms with E-state index in [4.69, 9.17) is 9.72 Å². The molecule has 0 bridgehead atoms. The number of aromatic nitrogens is 4. The lowest BCUT2D eigenvalue weighted by molar-refractivity contribution is -0.610. The quantitative estimate of drug-likeness (QED) is 0.253. The van der Waals surface area contributed by atoms with E-state index >= 15 is 0 Å². The summed E-state index contributed by atoms with van der Waals surface area (Å²) < 4.78 is 9.51. The summed E-state index contributed by atoms with van der Waals surface area (Å²) in [5.74, 6) is 2.22. The number of pyridine rings is 1. The van der Waals surface area contributed by atoms with E-state index in [0.717, 1.165) is 39.7 Å². The Kier molecular flexibility index (Phi) is 5.57. The van der Waals surface area contributed by atoms with Crippen LogP contribution in [0.4, 0.5) is 0 Å². The predicted molar refractivity (Wildman–Crippen MR) is 101 cm³/mol. The van der Waals surface area contributed by atoms with Gasteiger partial charge in [0, 0.05) is 41.5 Å². The predicted octanol–water partition coefficient (Wildman–Crippen LogP) is 0.381. The lowest BCUT2D eigenvalue weighted by Crippen LogP contribution is -3.00. The topological polar surface area (TPSA) is 46.7 Å². The van der Waals surface area contributed by atoms with Crippen LogP contribution < -0.4 is 33.3 Å². The van der Waals surface area contributed by atoms with Gasteiger partial charge >= 0.3 is 5.95 Å².